The van der Waals surface area contributed by atoms with E-state index in [2.05, 4.69) is 5.32 Å². The first-order chi connectivity index (χ1) is 9.06. The molecule has 1 aromatic carbocycles. The average Bonchev–Trinajstić information content (AvgIpc) is 2.44. The summed E-state index contributed by atoms with van der Waals surface area (Å²) in [7, 11) is 1.89. The van der Waals surface area contributed by atoms with E-state index < -0.39 is 0 Å². The number of rotatable bonds is 7. The summed E-state index contributed by atoms with van der Waals surface area (Å²) < 4.78 is 0. The molecular weight excluding hydrogens is 242 g/mol. The van der Waals surface area contributed by atoms with E-state index in [9.17, 15) is 4.79 Å². The number of benzene rings is 1. The van der Waals surface area contributed by atoms with Gasteiger partial charge >= 0.3 is 0 Å². The van der Waals surface area contributed by atoms with Crippen LogP contribution in [-0.4, -0.2) is 42.2 Å². The molecule has 1 amide bonds. The minimum Gasteiger partial charge on any atom is -0.395 e. The summed E-state index contributed by atoms with van der Waals surface area (Å²) in [5, 5.41) is 11.8. The van der Waals surface area contributed by atoms with Gasteiger partial charge in [0.25, 0.3) is 0 Å². The Kier molecular flexibility index (Phi) is 6.49. The molecule has 106 valence electrons. The van der Waals surface area contributed by atoms with Gasteiger partial charge in [-0.25, -0.2) is 0 Å². The minimum absolute atomic E-state index is 0.0301. The molecule has 1 unspecified atom stereocenters. The Morgan fingerprint density at radius 3 is 2.58 bits per heavy atom. The molecule has 0 spiro atoms. The Balaban J connectivity index is 2.38. The third kappa shape index (κ3) is 5.38. The highest BCUT2D eigenvalue weighted by atomic mass is 16.3. The van der Waals surface area contributed by atoms with Gasteiger partial charge < -0.3 is 21.1 Å². The van der Waals surface area contributed by atoms with Crippen molar-refractivity contribution in [1.29, 1.82) is 0 Å². The first kappa shape index (κ1) is 15.6. The highest BCUT2D eigenvalue weighted by Crippen LogP contribution is 2.09. The largest absolute Gasteiger partial charge is 0.395 e. The van der Waals surface area contributed by atoms with Crippen molar-refractivity contribution in [3.63, 3.8) is 0 Å². The normalized spacial score (nSPS) is 12.5. The van der Waals surface area contributed by atoms with Crippen LogP contribution < -0.4 is 11.1 Å². The van der Waals surface area contributed by atoms with Crippen LogP contribution in [-0.2, 0) is 11.3 Å². The third-order valence-corrected chi connectivity index (χ3v) is 3.18. The van der Waals surface area contributed by atoms with Gasteiger partial charge in [-0.05, 0) is 31.7 Å². The number of amides is 1. The van der Waals surface area contributed by atoms with Gasteiger partial charge in [0.05, 0.1) is 6.61 Å². The molecule has 0 aliphatic rings. The van der Waals surface area contributed by atoms with Crippen molar-refractivity contribution in [2.75, 3.05) is 25.5 Å². The summed E-state index contributed by atoms with van der Waals surface area (Å²) in [6, 6.07) is 7.56. The van der Waals surface area contributed by atoms with Gasteiger partial charge in [0.2, 0.25) is 5.91 Å². The van der Waals surface area contributed by atoms with Crippen LogP contribution in [0.15, 0.2) is 24.3 Å². The molecule has 0 saturated carbocycles. The SMILES string of the molecule is CC(CO)N(C)CCC(=O)Nc1ccc(CN)cc1. The van der Waals surface area contributed by atoms with Crippen molar-refractivity contribution in [2.45, 2.75) is 25.9 Å². The van der Waals surface area contributed by atoms with Crippen LogP contribution >= 0.6 is 0 Å². The number of anilines is 1. The van der Waals surface area contributed by atoms with Gasteiger partial charge in [-0.2, -0.15) is 0 Å². The van der Waals surface area contributed by atoms with Crippen molar-refractivity contribution >= 4 is 11.6 Å². The Morgan fingerprint density at radius 1 is 1.42 bits per heavy atom. The zero-order valence-electron chi connectivity index (χ0n) is 11.6. The maximum absolute atomic E-state index is 11.8. The highest BCUT2D eigenvalue weighted by molar-refractivity contribution is 5.90. The number of nitrogens with one attached hydrogen (secondary N) is 1. The molecule has 0 saturated heterocycles. The number of aliphatic hydroxyl groups is 1. The van der Waals surface area contributed by atoms with Crippen molar-refractivity contribution in [3.8, 4) is 0 Å². The van der Waals surface area contributed by atoms with E-state index in [1.807, 2.05) is 43.1 Å². The van der Waals surface area contributed by atoms with Gasteiger partial charge in [-0.3, -0.25) is 4.79 Å². The number of carbonyl (C=O) groups is 1. The maximum atomic E-state index is 11.8. The number of hydrogen-bond acceptors (Lipinski definition) is 4. The lowest BCUT2D eigenvalue weighted by Crippen LogP contribution is -2.34. The van der Waals surface area contributed by atoms with Crippen LogP contribution in [0.4, 0.5) is 5.69 Å². The maximum Gasteiger partial charge on any atom is 0.225 e. The molecule has 0 radical (unpaired) electrons. The van der Waals surface area contributed by atoms with E-state index in [1.54, 1.807) is 0 Å². The fourth-order valence-electron chi connectivity index (χ4n) is 1.59. The zero-order chi connectivity index (χ0) is 14.3. The zero-order valence-corrected chi connectivity index (χ0v) is 11.6. The molecule has 5 heteroatoms. The molecule has 5 nitrogen and oxygen atoms in total. The quantitative estimate of drug-likeness (QED) is 0.681. The second-order valence-electron chi connectivity index (χ2n) is 4.71. The molecule has 0 fully saturated rings. The van der Waals surface area contributed by atoms with Gasteiger partial charge in [0, 0.05) is 31.2 Å². The summed E-state index contributed by atoms with van der Waals surface area (Å²) in [6.07, 6.45) is 0.402. The molecule has 1 aromatic rings. The molecule has 0 aromatic heterocycles. The highest BCUT2D eigenvalue weighted by Gasteiger charge is 2.10. The van der Waals surface area contributed by atoms with Gasteiger partial charge in [-0.1, -0.05) is 12.1 Å². The number of hydrogen-bond donors (Lipinski definition) is 3. The van der Waals surface area contributed by atoms with Crippen molar-refractivity contribution < 1.29 is 9.90 Å². The fourth-order valence-corrected chi connectivity index (χ4v) is 1.59. The van der Waals surface area contributed by atoms with Crippen LogP contribution in [0, 0.1) is 0 Å². The molecule has 4 N–H and O–H groups in total. The van der Waals surface area contributed by atoms with Crippen molar-refractivity contribution in [2.24, 2.45) is 5.73 Å². The van der Waals surface area contributed by atoms with Crippen LogP contribution in [0.5, 0.6) is 0 Å². The van der Waals surface area contributed by atoms with Gasteiger partial charge in [-0.15, -0.1) is 0 Å². The number of aliphatic hydroxyl groups excluding tert-OH is 1. The molecule has 0 heterocycles. The van der Waals surface area contributed by atoms with E-state index in [1.165, 1.54) is 0 Å². The predicted molar refractivity (Wildman–Crippen MR) is 76.8 cm³/mol. The molecule has 0 aliphatic heterocycles. The molecule has 1 rings (SSSR count). The number of nitrogens with zero attached hydrogens (tertiary/aromatic N) is 1. The lowest BCUT2D eigenvalue weighted by molar-refractivity contribution is -0.116. The summed E-state index contributed by atoms with van der Waals surface area (Å²) in [4.78, 5) is 13.7. The summed E-state index contributed by atoms with van der Waals surface area (Å²) in [6.45, 7) is 3.13. The topological polar surface area (TPSA) is 78.6 Å². The van der Waals surface area contributed by atoms with Crippen molar-refractivity contribution in [3.05, 3.63) is 29.8 Å². The first-order valence-corrected chi connectivity index (χ1v) is 6.46. The molecule has 1 atom stereocenters. The average molecular weight is 265 g/mol. The standard InChI is InChI=1S/C14H23N3O2/c1-11(10-18)17(2)8-7-14(19)16-13-5-3-12(9-15)4-6-13/h3-6,11,18H,7-10,15H2,1-2H3,(H,16,19). The monoisotopic (exact) mass is 265 g/mol. The number of nitrogens with two attached hydrogens (primary N) is 1. The Labute approximate surface area is 114 Å². The number of likely N-dealkylation sites (N-methyl/N-ethyl adjacent to an activating group) is 1. The van der Waals surface area contributed by atoms with E-state index in [4.69, 9.17) is 10.8 Å². The predicted octanol–water partition coefficient (Wildman–Crippen LogP) is 0.786. The second kappa shape index (κ2) is 7.89. The van der Waals surface area contributed by atoms with Gasteiger partial charge in [0.1, 0.15) is 0 Å². The lowest BCUT2D eigenvalue weighted by Gasteiger charge is -2.22. The first-order valence-electron chi connectivity index (χ1n) is 6.46. The van der Waals surface area contributed by atoms with Gasteiger partial charge in [0.15, 0.2) is 0 Å². The van der Waals surface area contributed by atoms with E-state index >= 15 is 0 Å². The summed E-state index contributed by atoms with van der Waals surface area (Å²) >= 11 is 0. The summed E-state index contributed by atoms with van der Waals surface area (Å²) in [5.41, 5.74) is 7.32. The molecule has 19 heavy (non-hydrogen) atoms. The van der Waals surface area contributed by atoms with E-state index in [0.717, 1.165) is 11.3 Å². The van der Waals surface area contributed by atoms with Crippen LogP contribution in [0.3, 0.4) is 0 Å². The fraction of sp³-hybridized carbons (Fsp3) is 0.500. The molecule has 0 bridgehead atoms. The Morgan fingerprint density at radius 2 is 2.05 bits per heavy atom. The smallest absolute Gasteiger partial charge is 0.225 e. The minimum atomic E-state index is -0.0301. The molecular formula is C14H23N3O2. The Hall–Kier alpha value is -1.43. The summed E-state index contributed by atoms with van der Waals surface area (Å²) in [5.74, 6) is -0.0301. The molecule has 0 aliphatic carbocycles. The van der Waals surface area contributed by atoms with E-state index in [0.29, 0.717) is 19.5 Å². The number of carbonyl (C=O) groups excluding carboxylic acids is 1. The third-order valence-electron chi connectivity index (χ3n) is 3.18. The van der Waals surface area contributed by atoms with Crippen LogP contribution in [0.25, 0.3) is 0 Å². The second-order valence-corrected chi connectivity index (χ2v) is 4.71. The lowest BCUT2D eigenvalue weighted by atomic mass is 10.2. The van der Waals surface area contributed by atoms with Crippen molar-refractivity contribution in [1.82, 2.24) is 4.90 Å². The van der Waals surface area contributed by atoms with E-state index in [-0.39, 0.29) is 18.6 Å². The Bertz CT molecular complexity index is 392. The van der Waals surface area contributed by atoms with Crippen LogP contribution in [0.1, 0.15) is 18.9 Å². The van der Waals surface area contributed by atoms with Crippen LogP contribution in [0.2, 0.25) is 0 Å².